The first kappa shape index (κ1) is 13.5. The minimum atomic E-state index is -3.31. The van der Waals surface area contributed by atoms with Crippen LogP contribution in [0.4, 0.5) is 0 Å². The van der Waals surface area contributed by atoms with Gasteiger partial charge in [-0.25, -0.2) is 8.42 Å². The molecule has 18 heavy (non-hydrogen) atoms. The van der Waals surface area contributed by atoms with Crippen LogP contribution in [0.3, 0.4) is 0 Å². The van der Waals surface area contributed by atoms with E-state index in [1.807, 2.05) is 0 Å². The first-order valence-corrected chi connectivity index (χ1v) is 7.84. The molecule has 0 spiro atoms. The number of nitrogens with two attached hydrogens (primary N) is 1. The zero-order chi connectivity index (χ0) is 13.0. The van der Waals surface area contributed by atoms with Crippen molar-refractivity contribution in [3.05, 3.63) is 30.1 Å². The summed E-state index contributed by atoms with van der Waals surface area (Å²) < 4.78 is 26.3. The lowest BCUT2D eigenvalue weighted by molar-refractivity contribution is 0.257. The molecule has 1 atom stereocenters. The Morgan fingerprint density at radius 2 is 2.22 bits per heavy atom. The van der Waals surface area contributed by atoms with Crippen molar-refractivity contribution in [2.45, 2.75) is 31.1 Å². The van der Waals surface area contributed by atoms with Gasteiger partial charge < -0.3 is 5.73 Å². The summed E-state index contributed by atoms with van der Waals surface area (Å²) >= 11 is 0. The maximum Gasteiger partial charge on any atom is 0.220 e. The van der Waals surface area contributed by atoms with Crippen LogP contribution in [-0.4, -0.2) is 36.8 Å². The summed E-state index contributed by atoms with van der Waals surface area (Å²) in [6.07, 6.45) is 4.44. The van der Waals surface area contributed by atoms with Crippen LogP contribution in [-0.2, 0) is 15.8 Å². The van der Waals surface area contributed by atoms with E-state index in [0.717, 1.165) is 19.3 Å². The molecule has 0 saturated carbocycles. The average Bonchev–Trinajstić information content (AvgIpc) is 2.39. The fourth-order valence-electron chi connectivity index (χ4n) is 2.33. The molecule has 6 heteroatoms. The minimum Gasteiger partial charge on any atom is -0.329 e. The van der Waals surface area contributed by atoms with Crippen molar-refractivity contribution in [3.63, 3.8) is 0 Å². The molecule has 100 valence electrons. The minimum absolute atomic E-state index is 0.0374. The molecule has 1 aliphatic rings. The lowest BCUT2D eigenvalue weighted by Crippen LogP contribution is -2.47. The molecule has 0 amide bonds. The van der Waals surface area contributed by atoms with Crippen LogP contribution in [0.15, 0.2) is 24.4 Å². The average molecular weight is 269 g/mol. The van der Waals surface area contributed by atoms with E-state index >= 15 is 0 Å². The molecule has 1 fully saturated rings. The Labute approximate surface area is 108 Å². The van der Waals surface area contributed by atoms with Crippen LogP contribution >= 0.6 is 0 Å². The lowest BCUT2D eigenvalue weighted by Gasteiger charge is -2.33. The Kier molecular flexibility index (Phi) is 4.31. The number of pyridine rings is 1. The molecule has 0 aromatic carbocycles. The number of rotatable bonds is 4. The summed E-state index contributed by atoms with van der Waals surface area (Å²) in [5.74, 6) is -0.0374. The van der Waals surface area contributed by atoms with Crippen molar-refractivity contribution < 1.29 is 8.42 Å². The summed E-state index contributed by atoms with van der Waals surface area (Å²) in [6, 6.07) is 5.26. The Balaban J connectivity index is 2.14. The van der Waals surface area contributed by atoms with Crippen LogP contribution in [0.25, 0.3) is 0 Å². The van der Waals surface area contributed by atoms with E-state index in [2.05, 4.69) is 4.98 Å². The second kappa shape index (κ2) is 5.77. The molecular weight excluding hydrogens is 250 g/mol. The summed E-state index contributed by atoms with van der Waals surface area (Å²) in [7, 11) is -3.31. The highest BCUT2D eigenvalue weighted by Gasteiger charge is 2.31. The predicted molar refractivity (Wildman–Crippen MR) is 70.3 cm³/mol. The molecule has 2 heterocycles. The van der Waals surface area contributed by atoms with Gasteiger partial charge in [0.1, 0.15) is 5.75 Å². The molecule has 2 N–H and O–H groups in total. The summed E-state index contributed by atoms with van der Waals surface area (Å²) in [5.41, 5.74) is 6.24. The van der Waals surface area contributed by atoms with Crippen LogP contribution in [0.5, 0.6) is 0 Å². The van der Waals surface area contributed by atoms with Gasteiger partial charge in [-0.05, 0) is 25.0 Å². The summed E-state index contributed by atoms with van der Waals surface area (Å²) in [5, 5.41) is 0. The topological polar surface area (TPSA) is 76.3 Å². The van der Waals surface area contributed by atoms with Crippen LogP contribution in [0.1, 0.15) is 25.0 Å². The van der Waals surface area contributed by atoms with Crippen molar-refractivity contribution in [2.24, 2.45) is 5.73 Å². The van der Waals surface area contributed by atoms with Gasteiger partial charge in [-0.3, -0.25) is 4.98 Å². The molecule has 0 aliphatic carbocycles. The Morgan fingerprint density at radius 3 is 2.89 bits per heavy atom. The van der Waals surface area contributed by atoms with Crippen LogP contribution in [0.2, 0.25) is 0 Å². The highest BCUT2D eigenvalue weighted by atomic mass is 32.2. The van der Waals surface area contributed by atoms with Gasteiger partial charge in [-0.15, -0.1) is 0 Å². The van der Waals surface area contributed by atoms with E-state index in [1.165, 1.54) is 0 Å². The zero-order valence-electron chi connectivity index (χ0n) is 10.3. The Morgan fingerprint density at radius 1 is 1.39 bits per heavy atom. The number of hydrogen-bond donors (Lipinski definition) is 1. The molecule has 1 aliphatic heterocycles. The standard InChI is InChI=1S/C12H19N3O2S/c13-9-12-6-2-4-8-15(12)18(16,17)10-11-5-1-3-7-14-11/h1,3,5,7,12H,2,4,6,8-10,13H2/t12-/m1/s1. The zero-order valence-corrected chi connectivity index (χ0v) is 11.1. The van der Waals surface area contributed by atoms with Gasteiger partial charge >= 0.3 is 0 Å². The fourth-order valence-corrected chi connectivity index (χ4v) is 4.09. The third-order valence-corrected chi connectivity index (χ3v) is 5.11. The summed E-state index contributed by atoms with van der Waals surface area (Å²) in [6.45, 7) is 0.971. The molecule has 1 saturated heterocycles. The molecule has 0 radical (unpaired) electrons. The Hall–Kier alpha value is -0.980. The van der Waals surface area contributed by atoms with Crippen molar-refractivity contribution in [3.8, 4) is 0 Å². The highest BCUT2D eigenvalue weighted by Crippen LogP contribution is 2.21. The van der Waals surface area contributed by atoms with Gasteiger partial charge in [0.05, 0.1) is 5.69 Å². The number of aromatic nitrogens is 1. The van der Waals surface area contributed by atoms with E-state index in [0.29, 0.717) is 18.8 Å². The second-order valence-electron chi connectivity index (χ2n) is 4.57. The first-order chi connectivity index (χ1) is 8.63. The predicted octanol–water partition coefficient (Wildman–Crippen LogP) is 0.725. The number of nitrogens with zero attached hydrogens (tertiary/aromatic N) is 2. The molecule has 1 aromatic heterocycles. The van der Waals surface area contributed by atoms with E-state index in [9.17, 15) is 8.42 Å². The molecule has 1 aromatic rings. The quantitative estimate of drug-likeness (QED) is 0.874. The monoisotopic (exact) mass is 269 g/mol. The van der Waals surface area contributed by atoms with Crippen molar-refractivity contribution in [1.29, 1.82) is 0 Å². The van der Waals surface area contributed by atoms with Gasteiger partial charge in [0.2, 0.25) is 10.0 Å². The third kappa shape index (κ3) is 3.07. The van der Waals surface area contributed by atoms with E-state index in [-0.39, 0.29) is 11.8 Å². The lowest BCUT2D eigenvalue weighted by atomic mass is 10.1. The normalized spacial score (nSPS) is 21.9. The molecule has 0 bridgehead atoms. The second-order valence-corrected chi connectivity index (χ2v) is 6.49. The number of hydrogen-bond acceptors (Lipinski definition) is 4. The largest absolute Gasteiger partial charge is 0.329 e. The highest BCUT2D eigenvalue weighted by molar-refractivity contribution is 7.88. The molecule has 2 rings (SSSR count). The van der Waals surface area contributed by atoms with Crippen molar-refractivity contribution >= 4 is 10.0 Å². The van der Waals surface area contributed by atoms with Crippen molar-refractivity contribution in [1.82, 2.24) is 9.29 Å². The number of piperidine rings is 1. The third-order valence-electron chi connectivity index (χ3n) is 3.26. The fraction of sp³-hybridized carbons (Fsp3) is 0.583. The SMILES string of the molecule is NC[C@H]1CCCCN1S(=O)(=O)Cc1ccccn1. The molecule has 5 nitrogen and oxygen atoms in total. The van der Waals surface area contributed by atoms with Gasteiger partial charge in [0.15, 0.2) is 0 Å². The maximum absolute atomic E-state index is 12.4. The van der Waals surface area contributed by atoms with Crippen molar-refractivity contribution in [2.75, 3.05) is 13.1 Å². The summed E-state index contributed by atoms with van der Waals surface area (Å²) in [4.78, 5) is 4.07. The first-order valence-electron chi connectivity index (χ1n) is 6.23. The van der Waals surface area contributed by atoms with E-state index < -0.39 is 10.0 Å². The van der Waals surface area contributed by atoms with Gasteiger partial charge in [-0.2, -0.15) is 4.31 Å². The van der Waals surface area contributed by atoms with Crippen LogP contribution < -0.4 is 5.73 Å². The Bertz CT molecular complexity index is 475. The number of sulfonamides is 1. The van der Waals surface area contributed by atoms with E-state index in [4.69, 9.17) is 5.73 Å². The maximum atomic E-state index is 12.4. The molecule has 0 unspecified atom stereocenters. The van der Waals surface area contributed by atoms with Gasteiger partial charge in [0.25, 0.3) is 0 Å². The molecular formula is C12H19N3O2S. The van der Waals surface area contributed by atoms with E-state index in [1.54, 1.807) is 28.7 Å². The van der Waals surface area contributed by atoms with Gasteiger partial charge in [0, 0.05) is 25.3 Å². The van der Waals surface area contributed by atoms with Crippen LogP contribution in [0, 0.1) is 0 Å². The van der Waals surface area contributed by atoms with Gasteiger partial charge in [-0.1, -0.05) is 12.5 Å². The smallest absolute Gasteiger partial charge is 0.220 e.